The lowest BCUT2D eigenvalue weighted by Crippen LogP contribution is -2.16. The van der Waals surface area contributed by atoms with Gasteiger partial charge in [-0.2, -0.15) is 0 Å². The third-order valence-corrected chi connectivity index (χ3v) is 1.84. The van der Waals surface area contributed by atoms with Gasteiger partial charge in [0.25, 0.3) is 5.91 Å². The molecule has 63 valence electrons. The van der Waals surface area contributed by atoms with Gasteiger partial charge in [-0.3, -0.25) is 4.79 Å². The van der Waals surface area contributed by atoms with Crippen molar-refractivity contribution in [3.8, 4) is 0 Å². The number of hydrogen-bond donors (Lipinski definition) is 1. The molecule has 0 unspecified atom stereocenters. The summed E-state index contributed by atoms with van der Waals surface area (Å²) >= 11 is 5.72. The summed E-state index contributed by atoms with van der Waals surface area (Å²) in [5.74, 6) is -0.213. The molecule has 0 heterocycles. The van der Waals surface area contributed by atoms with Crippen LogP contribution in [0.25, 0.3) is 0 Å². The minimum absolute atomic E-state index is 0.213. The fourth-order valence-corrected chi connectivity index (χ4v) is 1.11. The predicted octanol–water partition coefficient (Wildman–Crippen LogP) is 2.17. The van der Waals surface area contributed by atoms with Gasteiger partial charge in [0.2, 0.25) is 0 Å². The second kappa shape index (κ2) is 3.59. The Hall–Kier alpha value is -1.02. The van der Waals surface area contributed by atoms with E-state index in [1.165, 1.54) is 0 Å². The maximum absolute atomic E-state index is 11.2. The quantitative estimate of drug-likeness (QED) is 0.709. The molecule has 0 atom stereocenters. The molecule has 12 heavy (non-hydrogen) atoms. The Bertz CT molecular complexity index is 309. The van der Waals surface area contributed by atoms with E-state index in [-0.39, 0.29) is 5.91 Å². The number of rotatable bonds is 1. The maximum atomic E-state index is 11.2. The summed E-state index contributed by atoms with van der Waals surface area (Å²) in [6.07, 6.45) is 0. The molecule has 0 aliphatic rings. The van der Waals surface area contributed by atoms with Crippen molar-refractivity contribution in [1.82, 2.24) is 5.32 Å². The van der Waals surface area contributed by atoms with Crippen LogP contribution in [0.3, 0.4) is 0 Å². The lowest BCUT2D eigenvalue weighted by molar-refractivity contribution is 0.0968. The summed E-state index contributed by atoms with van der Waals surface area (Å²) in [6.45, 7) is 1.85. The second-order valence-electron chi connectivity index (χ2n) is 2.47. The highest BCUT2D eigenvalue weighted by atomic mass is 35.5. The molecular formula is C9H9ClNO. The van der Waals surface area contributed by atoms with E-state index in [4.69, 9.17) is 11.6 Å². The summed E-state index contributed by atoms with van der Waals surface area (Å²) in [6, 6.07) is 5.17. The SMILES string of the molecule is [CH2]NC(=O)c1cc(Cl)ccc1C. The molecule has 3 heteroatoms. The maximum Gasteiger partial charge on any atom is 0.251 e. The lowest BCUT2D eigenvalue weighted by Gasteiger charge is -2.03. The molecule has 1 aromatic rings. The summed E-state index contributed by atoms with van der Waals surface area (Å²) in [7, 11) is 3.29. The van der Waals surface area contributed by atoms with Crippen molar-refractivity contribution in [2.45, 2.75) is 6.92 Å². The Labute approximate surface area is 76.5 Å². The van der Waals surface area contributed by atoms with Crippen molar-refractivity contribution in [1.29, 1.82) is 0 Å². The fourth-order valence-electron chi connectivity index (χ4n) is 0.934. The zero-order valence-corrected chi connectivity index (χ0v) is 7.48. The number of nitrogens with one attached hydrogen (secondary N) is 1. The van der Waals surface area contributed by atoms with Gasteiger partial charge in [0, 0.05) is 17.6 Å². The highest BCUT2D eigenvalue weighted by molar-refractivity contribution is 6.31. The number of carbonyl (C=O) groups excluding carboxylic acids is 1. The van der Waals surface area contributed by atoms with Crippen LogP contribution >= 0.6 is 11.6 Å². The summed E-state index contributed by atoms with van der Waals surface area (Å²) < 4.78 is 0. The van der Waals surface area contributed by atoms with Gasteiger partial charge in [-0.25, -0.2) is 0 Å². The van der Waals surface area contributed by atoms with Crippen molar-refractivity contribution < 1.29 is 4.79 Å². The van der Waals surface area contributed by atoms with Crippen molar-refractivity contribution in [2.24, 2.45) is 0 Å². The topological polar surface area (TPSA) is 29.1 Å². The van der Waals surface area contributed by atoms with Crippen LogP contribution < -0.4 is 5.32 Å². The summed E-state index contributed by atoms with van der Waals surface area (Å²) in [5.41, 5.74) is 1.46. The van der Waals surface area contributed by atoms with E-state index in [1.54, 1.807) is 18.2 Å². The number of aryl methyl sites for hydroxylation is 1. The molecule has 1 rings (SSSR count). The van der Waals surface area contributed by atoms with E-state index < -0.39 is 0 Å². The average Bonchev–Trinajstić information content (AvgIpc) is 2.08. The van der Waals surface area contributed by atoms with E-state index in [0.717, 1.165) is 5.56 Å². The van der Waals surface area contributed by atoms with Gasteiger partial charge < -0.3 is 5.32 Å². The Morgan fingerprint density at radius 2 is 2.25 bits per heavy atom. The first-order chi connectivity index (χ1) is 5.65. The molecule has 0 fully saturated rings. The van der Waals surface area contributed by atoms with E-state index >= 15 is 0 Å². The minimum atomic E-state index is -0.213. The normalized spacial score (nSPS) is 9.58. The first kappa shape index (κ1) is 9.07. The van der Waals surface area contributed by atoms with Gasteiger partial charge in [0.1, 0.15) is 0 Å². The van der Waals surface area contributed by atoms with Crippen LogP contribution in [-0.2, 0) is 0 Å². The van der Waals surface area contributed by atoms with Gasteiger partial charge >= 0.3 is 0 Å². The number of benzene rings is 1. The molecule has 1 amide bonds. The monoisotopic (exact) mass is 182 g/mol. The first-order valence-corrected chi connectivity index (χ1v) is 3.86. The Morgan fingerprint density at radius 3 is 2.83 bits per heavy atom. The number of amides is 1. The molecule has 1 aromatic carbocycles. The molecule has 1 radical (unpaired) electrons. The third-order valence-electron chi connectivity index (χ3n) is 1.60. The molecule has 1 N–H and O–H groups in total. The van der Waals surface area contributed by atoms with Gasteiger partial charge in [0.15, 0.2) is 0 Å². The average molecular weight is 183 g/mol. The highest BCUT2D eigenvalue weighted by Gasteiger charge is 2.06. The first-order valence-electron chi connectivity index (χ1n) is 3.48. The lowest BCUT2D eigenvalue weighted by atomic mass is 10.1. The molecule has 0 spiro atoms. The van der Waals surface area contributed by atoms with Crippen molar-refractivity contribution >= 4 is 17.5 Å². The molecule has 0 bridgehead atoms. The van der Waals surface area contributed by atoms with Crippen LogP contribution in [0.2, 0.25) is 5.02 Å². The molecule has 0 aliphatic carbocycles. The largest absolute Gasteiger partial charge is 0.350 e. The van der Waals surface area contributed by atoms with Crippen LogP contribution in [0.4, 0.5) is 0 Å². The molecule has 0 aliphatic heterocycles. The number of halogens is 1. The molecule has 0 saturated carbocycles. The van der Waals surface area contributed by atoms with Crippen LogP contribution in [0.1, 0.15) is 15.9 Å². The van der Waals surface area contributed by atoms with Gasteiger partial charge in [-0.05, 0) is 24.6 Å². The third kappa shape index (κ3) is 1.77. The highest BCUT2D eigenvalue weighted by Crippen LogP contribution is 2.14. The van der Waals surface area contributed by atoms with E-state index in [0.29, 0.717) is 10.6 Å². The van der Waals surface area contributed by atoms with Crippen LogP contribution in [0, 0.1) is 14.0 Å². The Kier molecular flexibility index (Phi) is 2.71. The van der Waals surface area contributed by atoms with E-state index in [1.807, 2.05) is 6.92 Å². The van der Waals surface area contributed by atoms with Gasteiger partial charge in [-0.15, -0.1) is 0 Å². The number of carbonyl (C=O) groups is 1. The van der Waals surface area contributed by atoms with E-state index in [9.17, 15) is 4.79 Å². The predicted molar refractivity (Wildman–Crippen MR) is 49.0 cm³/mol. The summed E-state index contributed by atoms with van der Waals surface area (Å²) in [5, 5.41) is 2.86. The number of hydrogen-bond acceptors (Lipinski definition) is 1. The standard InChI is InChI=1S/C9H9ClNO/c1-6-3-4-7(10)5-8(6)9(12)11-2/h3-5H,2H2,1H3,(H,11,12). The van der Waals surface area contributed by atoms with Crippen LogP contribution in [-0.4, -0.2) is 5.91 Å². The zero-order valence-electron chi connectivity index (χ0n) is 6.73. The van der Waals surface area contributed by atoms with E-state index in [2.05, 4.69) is 12.4 Å². The van der Waals surface area contributed by atoms with Crippen molar-refractivity contribution in [3.05, 3.63) is 41.4 Å². The van der Waals surface area contributed by atoms with Gasteiger partial charge in [-0.1, -0.05) is 17.7 Å². The molecular weight excluding hydrogens is 174 g/mol. The molecule has 0 aromatic heterocycles. The molecule has 0 saturated heterocycles. The Balaban J connectivity index is 3.13. The molecule has 2 nitrogen and oxygen atoms in total. The fraction of sp³-hybridized carbons (Fsp3) is 0.111. The second-order valence-corrected chi connectivity index (χ2v) is 2.90. The van der Waals surface area contributed by atoms with Gasteiger partial charge in [0.05, 0.1) is 0 Å². The smallest absolute Gasteiger partial charge is 0.251 e. The van der Waals surface area contributed by atoms with Crippen molar-refractivity contribution in [3.63, 3.8) is 0 Å². The van der Waals surface area contributed by atoms with Crippen LogP contribution in [0.15, 0.2) is 18.2 Å². The minimum Gasteiger partial charge on any atom is -0.350 e. The Morgan fingerprint density at radius 1 is 1.58 bits per heavy atom. The zero-order chi connectivity index (χ0) is 9.14. The summed E-state index contributed by atoms with van der Waals surface area (Å²) in [4.78, 5) is 11.2. The van der Waals surface area contributed by atoms with Crippen molar-refractivity contribution in [2.75, 3.05) is 0 Å². The van der Waals surface area contributed by atoms with Crippen LogP contribution in [0.5, 0.6) is 0 Å².